The van der Waals surface area contributed by atoms with E-state index in [0.29, 0.717) is 12.0 Å². The molecule has 0 heterocycles. The van der Waals surface area contributed by atoms with E-state index in [2.05, 4.69) is 15.9 Å². The van der Waals surface area contributed by atoms with E-state index in [0.717, 1.165) is 17.3 Å². The monoisotopic (exact) mass is 272 g/mol. The first-order valence-electron chi connectivity index (χ1n) is 5.26. The van der Waals surface area contributed by atoms with Crippen LogP contribution in [0.5, 0.6) is 0 Å². The second-order valence-electron chi connectivity index (χ2n) is 4.18. The highest BCUT2D eigenvalue weighted by Gasteiger charge is 2.45. The van der Waals surface area contributed by atoms with E-state index in [1.165, 1.54) is 6.07 Å². The number of rotatable bonds is 3. The summed E-state index contributed by atoms with van der Waals surface area (Å²) < 4.78 is 14.5. The fourth-order valence-corrected chi connectivity index (χ4v) is 2.45. The standard InChI is InChI=1S/C12H14BrFO/c1-2-12(15,8-3-4-8)10-7-9(13)5-6-11(10)14/h5-8,15H,2-4H2,1H3. The smallest absolute Gasteiger partial charge is 0.129 e. The normalized spacial score (nSPS) is 20.0. The van der Waals surface area contributed by atoms with Crippen LogP contribution in [0, 0.1) is 11.7 Å². The molecule has 15 heavy (non-hydrogen) atoms. The van der Waals surface area contributed by atoms with Gasteiger partial charge in [0.25, 0.3) is 0 Å². The van der Waals surface area contributed by atoms with E-state index in [1.807, 2.05) is 6.92 Å². The van der Waals surface area contributed by atoms with Crippen molar-refractivity contribution >= 4 is 15.9 Å². The van der Waals surface area contributed by atoms with Gasteiger partial charge in [-0.1, -0.05) is 22.9 Å². The zero-order valence-corrected chi connectivity index (χ0v) is 10.2. The summed E-state index contributed by atoms with van der Waals surface area (Å²) in [5, 5.41) is 10.5. The molecule has 0 bridgehead atoms. The predicted molar refractivity (Wildman–Crippen MR) is 61.0 cm³/mol. The van der Waals surface area contributed by atoms with Gasteiger partial charge in [0.1, 0.15) is 5.82 Å². The summed E-state index contributed by atoms with van der Waals surface area (Å²) in [6.45, 7) is 1.90. The minimum absolute atomic E-state index is 0.228. The molecule has 0 spiro atoms. The van der Waals surface area contributed by atoms with E-state index in [-0.39, 0.29) is 11.7 Å². The predicted octanol–water partition coefficient (Wildman–Crippen LogP) is 3.60. The summed E-state index contributed by atoms with van der Waals surface area (Å²) in [4.78, 5) is 0. The average Bonchev–Trinajstić information content (AvgIpc) is 3.04. The Hall–Kier alpha value is -0.410. The second-order valence-corrected chi connectivity index (χ2v) is 5.09. The first-order valence-corrected chi connectivity index (χ1v) is 6.05. The molecule has 0 aliphatic heterocycles. The maximum Gasteiger partial charge on any atom is 0.129 e. The quantitative estimate of drug-likeness (QED) is 0.892. The van der Waals surface area contributed by atoms with E-state index in [4.69, 9.17) is 0 Å². The molecular formula is C12H14BrFO. The molecule has 0 amide bonds. The molecule has 1 nitrogen and oxygen atoms in total. The maximum absolute atomic E-state index is 13.7. The van der Waals surface area contributed by atoms with Gasteiger partial charge in [-0.15, -0.1) is 0 Å². The lowest BCUT2D eigenvalue weighted by molar-refractivity contribution is 0.00550. The lowest BCUT2D eigenvalue weighted by atomic mass is 9.86. The molecular weight excluding hydrogens is 259 g/mol. The highest BCUT2D eigenvalue weighted by Crippen LogP contribution is 2.48. The van der Waals surface area contributed by atoms with Crippen LogP contribution >= 0.6 is 15.9 Å². The van der Waals surface area contributed by atoms with Gasteiger partial charge in [0, 0.05) is 10.0 Å². The van der Waals surface area contributed by atoms with Gasteiger partial charge in [-0.2, -0.15) is 0 Å². The Kier molecular flexibility index (Phi) is 2.86. The Bertz CT molecular complexity index is 376. The van der Waals surface area contributed by atoms with Crippen LogP contribution in [0.4, 0.5) is 4.39 Å². The van der Waals surface area contributed by atoms with Crippen LogP contribution < -0.4 is 0 Å². The van der Waals surface area contributed by atoms with Gasteiger partial charge in [-0.3, -0.25) is 0 Å². The van der Waals surface area contributed by atoms with Crippen molar-refractivity contribution < 1.29 is 9.50 Å². The van der Waals surface area contributed by atoms with E-state index in [1.54, 1.807) is 12.1 Å². The minimum atomic E-state index is -0.978. The Morgan fingerprint density at radius 2 is 2.20 bits per heavy atom. The Morgan fingerprint density at radius 1 is 1.53 bits per heavy atom. The minimum Gasteiger partial charge on any atom is -0.385 e. The number of aliphatic hydroxyl groups is 1. The first kappa shape index (κ1) is 11.1. The number of hydrogen-bond donors (Lipinski definition) is 1. The number of hydrogen-bond acceptors (Lipinski definition) is 1. The molecule has 1 N–H and O–H groups in total. The van der Waals surface area contributed by atoms with Crippen molar-refractivity contribution in [2.24, 2.45) is 5.92 Å². The van der Waals surface area contributed by atoms with E-state index in [9.17, 15) is 9.50 Å². The first-order chi connectivity index (χ1) is 7.08. The number of halogens is 2. The highest BCUT2D eigenvalue weighted by molar-refractivity contribution is 9.10. The Labute approximate surface area is 97.4 Å². The summed E-state index contributed by atoms with van der Waals surface area (Å²) in [7, 11) is 0. The third-order valence-electron chi connectivity index (χ3n) is 3.19. The van der Waals surface area contributed by atoms with Gasteiger partial charge < -0.3 is 5.11 Å². The van der Waals surface area contributed by atoms with Crippen molar-refractivity contribution in [1.29, 1.82) is 0 Å². The maximum atomic E-state index is 13.7. The topological polar surface area (TPSA) is 20.2 Å². The molecule has 1 aliphatic rings. The van der Waals surface area contributed by atoms with Gasteiger partial charge in [0.05, 0.1) is 5.60 Å². The zero-order valence-electron chi connectivity index (χ0n) is 8.63. The SMILES string of the molecule is CCC(O)(c1cc(Br)ccc1F)C1CC1. The van der Waals surface area contributed by atoms with Crippen LogP contribution in [0.3, 0.4) is 0 Å². The molecule has 1 aromatic rings. The summed E-state index contributed by atoms with van der Waals surface area (Å²) in [5.74, 6) is -0.0826. The van der Waals surface area contributed by atoms with Crippen molar-refractivity contribution in [3.8, 4) is 0 Å². The molecule has 1 unspecified atom stereocenters. The summed E-state index contributed by atoms with van der Waals surface area (Å²) in [5.41, 5.74) is -0.546. The van der Waals surface area contributed by atoms with Gasteiger partial charge in [-0.25, -0.2) is 4.39 Å². The molecule has 82 valence electrons. The second kappa shape index (κ2) is 3.87. The van der Waals surface area contributed by atoms with Crippen molar-refractivity contribution in [3.05, 3.63) is 34.1 Å². The van der Waals surface area contributed by atoms with Gasteiger partial charge >= 0.3 is 0 Å². The van der Waals surface area contributed by atoms with Crippen molar-refractivity contribution in [3.63, 3.8) is 0 Å². The summed E-state index contributed by atoms with van der Waals surface area (Å²) in [6, 6.07) is 4.75. The molecule has 1 fully saturated rings. The highest BCUT2D eigenvalue weighted by atomic mass is 79.9. The van der Waals surface area contributed by atoms with Crippen LogP contribution in [0.25, 0.3) is 0 Å². The van der Waals surface area contributed by atoms with Crippen LogP contribution in [-0.2, 0) is 5.60 Å². The van der Waals surface area contributed by atoms with E-state index >= 15 is 0 Å². The Balaban J connectivity index is 2.45. The fraction of sp³-hybridized carbons (Fsp3) is 0.500. The van der Waals surface area contributed by atoms with Gasteiger partial charge in [0.2, 0.25) is 0 Å². The van der Waals surface area contributed by atoms with Crippen molar-refractivity contribution in [2.75, 3.05) is 0 Å². The molecule has 1 saturated carbocycles. The van der Waals surface area contributed by atoms with E-state index < -0.39 is 5.60 Å². The number of benzene rings is 1. The summed E-state index contributed by atoms with van der Waals surface area (Å²) in [6.07, 6.45) is 2.55. The molecule has 2 rings (SSSR count). The van der Waals surface area contributed by atoms with Crippen LogP contribution in [-0.4, -0.2) is 5.11 Å². The third kappa shape index (κ3) is 1.95. The molecule has 0 saturated heterocycles. The molecule has 1 aliphatic carbocycles. The molecule has 0 radical (unpaired) electrons. The zero-order chi connectivity index (χ0) is 11.1. The largest absolute Gasteiger partial charge is 0.385 e. The molecule has 1 aromatic carbocycles. The molecule has 3 heteroatoms. The van der Waals surface area contributed by atoms with Crippen LogP contribution in [0.15, 0.2) is 22.7 Å². The average molecular weight is 273 g/mol. The lowest BCUT2D eigenvalue weighted by Gasteiger charge is -2.28. The van der Waals surface area contributed by atoms with Gasteiger partial charge in [0.15, 0.2) is 0 Å². The van der Waals surface area contributed by atoms with Gasteiger partial charge in [-0.05, 0) is 43.4 Å². The molecule has 1 atom stereocenters. The Morgan fingerprint density at radius 3 is 2.73 bits per heavy atom. The van der Waals surface area contributed by atoms with Crippen molar-refractivity contribution in [1.82, 2.24) is 0 Å². The van der Waals surface area contributed by atoms with Crippen LogP contribution in [0.2, 0.25) is 0 Å². The fourth-order valence-electron chi connectivity index (χ4n) is 2.09. The lowest BCUT2D eigenvalue weighted by Crippen LogP contribution is -2.28. The third-order valence-corrected chi connectivity index (χ3v) is 3.68. The summed E-state index contributed by atoms with van der Waals surface area (Å²) >= 11 is 3.31. The van der Waals surface area contributed by atoms with Crippen molar-refractivity contribution in [2.45, 2.75) is 31.8 Å². The molecule has 0 aromatic heterocycles. The van der Waals surface area contributed by atoms with Crippen LogP contribution in [0.1, 0.15) is 31.7 Å².